The van der Waals surface area contributed by atoms with E-state index < -0.39 is 7.06 Å². The molecule has 0 spiro atoms. The Morgan fingerprint density at radius 1 is 1.18 bits per heavy atom. The van der Waals surface area contributed by atoms with Crippen LogP contribution < -0.4 is 0 Å². The monoisotopic (exact) mass is 265 g/mol. The maximum atomic E-state index is 7.11. The van der Waals surface area contributed by atoms with E-state index in [0.717, 1.165) is 0 Å². The van der Waals surface area contributed by atoms with Crippen LogP contribution in [0.1, 0.15) is 23.5 Å². The maximum Gasteiger partial charge on any atom is 0.0845 e. The van der Waals surface area contributed by atoms with E-state index in [1.807, 2.05) is 0 Å². The molecule has 1 aliphatic rings. The van der Waals surface area contributed by atoms with Crippen LogP contribution in [0, 0.1) is 17.8 Å². The van der Waals surface area contributed by atoms with E-state index in [1.165, 1.54) is 0 Å². The third-order valence-electron chi connectivity index (χ3n) is 3.94. The molecule has 1 fully saturated rings. The second kappa shape index (κ2) is 7.04. The number of rotatable bonds is 5. The van der Waals surface area contributed by atoms with Gasteiger partial charge in [-0.15, -0.1) is 0 Å². The molecular formula is C13H27O3P. The second-order valence-electron chi connectivity index (χ2n) is 5.23. The zero-order valence-electron chi connectivity index (χ0n) is 13.6. The van der Waals surface area contributed by atoms with Crippen LogP contribution in [0.15, 0.2) is 0 Å². The van der Waals surface area contributed by atoms with Gasteiger partial charge in [-0.2, -0.15) is 0 Å². The fourth-order valence-electron chi connectivity index (χ4n) is 2.33. The van der Waals surface area contributed by atoms with Crippen molar-refractivity contribution >= 4 is 8.15 Å². The molecule has 6 atom stereocenters. The van der Waals surface area contributed by atoms with Gasteiger partial charge in [0.2, 0.25) is 0 Å². The quantitative estimate of drug-likeness (QED) is 0.715. The normalized spacial score (nSPS) is 42.1. The lowest BCUT2D eigenvalue weighted by Gasteiger charge is -2.43. The molecule has 0 aromatic carbocycles. The summed E-state index contributed by atoms with van der Waals surface area (Å²) >= 11 is 0. The molecule has 1 aliphatic heterocycles. The lowest BCUT2D eigenvalue weighted by molar-refractivity contribution is -0.160. The van der Waals surface area contributed by atoms with E-state index in [4.69, 9.17) is 16.7 Å². The van der Waals surface area contributed by atoms with Gasteiger partial charge in [0.1, 0.15) is 0 Å². The smallest absolute Gasteiger partial charge is 0.0845 e. The summed E-state index contributed by atoms with van der Waals surface area (Å²) in [6.07, 6.45) is 0.0394. The number of hydrogen-bond donors (Lipinski definition) is 0. The van der Waals surface area contributed by atoms with Crippen molar-refractivity contribution in [1.29, 1.82) is 0 Å². The highest BCUT2D eigenvalue weighted by Gasteiger charge is 2.38. The summed E-state index contributed by atoms with van der Waals surface area (Å²) in [7, 11) is -1.61. The number of methoxy groups -OCH3 is 1. The average molecular weight is 265 g/mol. The Morgan fingerprint density at radius 3 is 2.29 bits per heavy atom. The van der Waals surface area contributed by atoms with Crippen LogP contribution in [-0.4, -0.2) is 45.8 Å². The molecule has 3 nitrogen and oxygen atoms in total. The zero-order valence-corrected chi connectivity index (χ0v) is 12.4. The van der Waals surface area contributed by atoms with Gasteiger partial charge in [-0.05, 0) is 31.1 Å². The van der Waals surface area contributed by atoms with Gasteiger partial charge >= 0.3 is 0 Å². The predicted octanol–water partition coefficient (Wildman–Crippen LogP) is 2.98. The molecule has 102 valence electrons. The number of hydrogen-bond acceptors (Lipinski definition) is 3. The lowest BCUT2D eigenvalue weighted by Crippen LogP contribution is -2.48. The molecular weight excluding hydrogens is 235 g/mol. The van der Waals surface area contributed by atoms with E-state index in [2.05, 4.69) is 34.1 Å². The van der Waals surface area contributed by atoms with Gasteiger partial charge in [0, 0.05) is 15.2 Å². The summed E-state index contributed by atoms with van der Waals surface area (Å²) in [6.45, 7) is 11.7. The minimum atomic E-state index is -1.24. The van der Waals surface area contributed by atoms with Crippen molar-refractivity contribution in [2.75, 3.05) is 33.6 Å². The maximum absolute atomic E-state index is 7.11. The van der Waals surface area contributed by atoms with Gasteiger partial charge in [0.15, 0.2) is 0 Å². The molecule has 1 saturated heterocycles. The van der Waals surface area contributed by atoms with Crippen LogP contribution in [0.2, 0.25) is 0 Å². The first-order valence-electron chi connectivity index (χ1n) is 7.40. The van der Waals surface area contributed by atoms with E-state index in [-0.39, 0.29) is 20.4 Å². The number of ether oxygens (including phenoxy) is 2. The molecule has 0 aromatic heterocycles. The fraction of sp³-hybridized carbons (Fsp3) is 1.00. The highest BCUT2D eigenvalue weighted by Crippen LogP contribution is 2.37. The molecule has 17 heavy (non-hydrogen) atoms. The minimum Gasteiger partial charge on any atom is -0.382 e. The zero-order chi connectivity index (χ0) is 14.6. The molecule has 1 heterocycles. The van der Waals surface area contributed by atoms with Crippen molar-refractivity contribution in [1.82, 2.24) is 0 Å². The van der Waals surface area contributed by atoms with Gasteiger partial charge in [-0.1, -0.05) is 20.8 Å². The highest BCUT2D eigenvalue weighted by molar-refractivity contribution is 7.50. The van der Waals surface area contributed by atoms with Gasteiger partial charge in [0.25, 0.3) is 0 Å². The highest BCUT2D eigenvalue weighted by atomic mass is 31.1. The van der Waals surface area contributed by atoms with Gasteiger partial charge in [-0.3, -0.25) is 0 Å². The van der Waals surface area contributed by atoms with Crippen LogP contribution in [0.4, 0.5) is 0 Å². The Morgan fingerprint density at radius 2 is 1.76 bits per heavy atom. The van der Waals surface area contributed by atoms with E-state index in [0.29, 0.717) is 31.0 Å². The van der Waals surface area contributed by atoms with Crippen LogP contribution >= 0.6 is 8.15 Å². The molecule has 0 N–H and O–H groups in total. The van der Waals surface area contributed by atoms with Crippen molar-refractivity contribution in [3.8, 4) is 0 Å². The molecule has 0 aliphatic carbocycles. The lowest BCUT2D eigenvalue weighted by atomic mass is 9.77. The molecule has 0 amide bonds. The summed E-state index contributed by atoms with van der Waals surface area (Å²) in [4.78, 5) is 0. The third-order valence-corrected chi connectivity index (χ3v) is 4.60. The third kappa shape index (κ3) is 4.17. The van der Waals surface area contributed by atoms with E-state index in [9.17, 15) is 0 Å². The molecule has 1 rings (SSSR count). The van der Waals surface area contributed by atoms with Crippen LogP contribution in [0.3, 0.4) is 0 Å². The first kappa shape index (κ1) is 12.3. The molecule has 0 bridgehead atoms. The van der Waals surface area contributed by atoms with Crippen LogP contribution in [0.5, 0.6) is 0 Å². The minimum absolute atomic E-state index is 0.0436. The summed E-state index contributed by atoms with van der Waals surface area (Å²) in [5.41, 5.74) is 0. The first-order valence-corrected chi connectivity index (χ1v) is 8.40. The first-order chi connectivity index (χ1) is 8.82. The predicted molar refractivity (Wildman–Crippen MR) is 72.7 cm³/mol. The molecule has 0 saturated carbocycles. The molecule has 0 radical (unpaired) electrons. The van der Waals surface area contributed by atoms with Crippen molar-refractivity contribution < 1.29 is 16.7 Å². The van der Waals surface area contributed by atoms with Crippen molar-refractivity contribution in [2.45, 2.75) is 33.0 Å². The largest absolute Gasteiger partial charge is 0.382 e. The topological polar surface area (TPSA) is 27.7 Å². The van der Waals surface area contributed by atoms with Crippen LogP contribution in [0.25, 0.3) is 0 Å². The summed E-state index contributed by atoms with van der Waals surface area (Å²) in [5.74, 6) is 1.34. The Hall–Kier alpha value is 0.310. The summed E-state index contributed by atoms with van der Waals surface area (Å²) in [5, 5.41) is 0. The molecule has 0 aromatic rings. The average Bonchev–Trinajstić information content (AvgIpc) is 2.33. The standard InChI is InChI=1S/C13H27O3P/c1-9-10(2)12(7-14-4)16-13(11(9)3)8-15-17(5)6/h9-13H,7-8H2,1-6H3/t9-,10+,11-,12+,13-/m0/s1/i4TD/t4?,9-,10+,11-,12+,13-. The summed E-state index contributed by atoms with van der Waals surface area (Å²) in [6, 6.07) is 0. The summed E-state index contributed by atoms with van der Waals surface area (Å²) < 4.78 is 31.1. The van der Waals surface area contributed by atoms with Crippen molar-refractivity contribution in [3.05, 3.63) is 0 Å². The Bertz CT molecular complexity index is 242. The van der Waals surface area contributed by atoms with E-state index in [1.54, 1.807) is 0 Å². The van der Waals surface area contributed by atoms with Crippen LogP contribution in [-0.2, 0) is 14.0 Å². The van der Waals surface area contributed by atoms with Gasteiger partial charge in [-0.25, -0.2) is 0 Å². The fourth-order valence-corrected chi connectivity index (χ4v) is 2.77. The molecule has 1 unspecified atom stereocenters. The second-order valence-corrected chi connectivity index (χ2v) is 7.11. The van der Waals surface area contributed by atoms with Gasteiger partial charge < -0.3 is 14.0 Å². The van der Waals surface area contributed by atoms with Gasteiger partial charge in [0.05, 0.1) is 28.2 Å². The Labute approximate surface area is 110 Å². The van der Waals surface area contributed by atoms with Crippen molar-refractivity contribution in [2.24, 2.45) is 17.8 Å². The Kier molecular flexibility index (Phi) is 5.11. The SMILES string of the molecule is [2H]C([3H])OC[C@H]1O[C@@H](COP(C)C)[C@@H](C)[C@@H](C)[C@H]1C. The Balaban J connectivity index is 2.57. The van der Waals surface area contributed by atoms with Crippen molar-refractivity contribution in [3.63, 3.8) is 0 Å². The van der Waals surface area contributed by atoms with E-state index >= 15 is 0 Å². The molecule has 4 heteroatoms.